The number of carbonyl (C=O) groups excluding carboxylic acids is 1. The maximum absolute atomic E-state index is 12.6. The first kappa shape index (κ1) is 16.3. The second-order valence-corrected chi connectivity index (χ2v) is 6.36. The van der Waals surface area contributed by atoms with Crippen LogP contribution in [0, 0.1) is 6.92 Å². The van der Waals surface area contributed by atoms with Gasteiger partial charge in [0.25, 0.3) is 5.89 Å². The lowest BCUT2D eigenvalue weighted by molar-refractivity contribution is 0.191. The molecule has 0 spiro atoms. The Bertz CT molecular complexity index is 931. The normalized spacial score (nSPS) is 13.5. The van der Waals surface area contributed by atoms with Gasteiger partial charge in [-0.05, 0) is 12.5 Å². The molecule has 134 valence electrons. The number of nitrogens with zero attached hydrogens (tertiary/aromatic N) is 5. The molecule has 1 N–H and O–H groups in total. The fourth-order valence-corrected chi connectivity index (χ4v) is 3.22. The lowest BCUT2D eigenvalue weighted by atomic mass is 10.1. The number of aromatic nitrogens is 4. The minimum Gasteiger partial charge on any atom is -0.334 e. The number of benzene rings is 1. The number of urea groups is 1. The highest BCUT2D eigenvalue weighted by molar-refractivity contribution is 5.75. The van der Waals surface area contributed by atoms with Crippen molar-refractivity contribution in [3.05, 3.63) is 53.0 Å². The van der Waals surface area contributed by atoms with Crippen molar-refractivity contribution in [3.8, 4) is 11.6 Å². The molecule has 4 rings (SSSR count). The highest BCUT2D eigenvalue weighted by atomic mass is 16.5. The number of hydrogen-bond acceptors (Lipinski definition) is 5. The minimum atomic E-state index is -0.0870. The van der Waals surface area contributed by atoms with Gasteiger partial charge >= 0.3 is 6.03 Å². The van der Waals surface area contributed by atoms with Crippen molar-refractivity contribution < 1.29 is 9.32 Å². The second-order valence-electron chi connectivity index (χ2n) is 6.36. The van der Waals surface area contributed by atoms with E-state index in [-0.39, 0.29) is 6.03 Å². The fraction of sp³-hybridized carbons (Fsp3) is 0.333. The van der Waals surface area contributed by atoms with Gasteiger partial charge in [0.1, 0.15) is 0 Å². The average Bonchev–Trinajstić information content (AvgIpc) is 3.23. The standard InChI is InChI=1S/C18H20N6O2/c1-12-20-17(26-22-12)16-14-11-24(9-8-15(14)23(2)21-16)18(25)19-10-13-6-4-3-5-7-13/h3-7H,8-11H2,1-2H3,(H,19,25). The van der Waals surface area contributed by atoms with Crippen LogP contribution in [0.3, 0.4) is 0 Å². The van der Waals surface area contributed by atoms with Crippen LogP contribution in [-0.2, 0) is 26.6 Å². The van der Waals surface area contributed by atoms with Gasteiger partial charge in [-0.1, -0.05) is 35.5 Å². The monoisotopic (exact) mass is 352 g/mol. The van der Waals surface area contributed by atoms with Gasteiger partial charge in [0.15, 0.2) is 11.5 Å². The van der Waals surface area contributed by atoms with Gasteiger partial charge in [0, 0.05) is 37.8 Å². The summed E-state index contributed by atoms with van der Waals surface area (Å²) in [6, 6.07) is 9.78. The van der Waals surface area contributed by atoms with Crippen LogP contribution in [0.2, 0.25) is 0 Å². The van der Waals surface area contributed by atoms with Crippen LogP contribution in [0.1, 0.15) is 22.6 Å². The zero-order chi connectivity index (χ0) is 18.1. The summed E-state index contributed by atoms with van der Waals surface area (Å²) in [5, 5.41) is 11.3. The van der Waals surface area contributed by atoms with E-state index in [0.717, 1.165) is 23.2 Å². The average molecular weight is 352 g/mol. The first-order chi connectivity index (χ1) is 12.6. The van der Waals surface area contributed by atoms with Gasteiger partial charge in [-0.2, -0.15) is 10.1 Å². The predicted molar refractivity (Wildman–Crippen MR) is 94.0 cm³/mol. The Morgan fingerprint density at radius 3 is 2.85 bits per heavy atom. The molecule has 3 aromatic rings. The van der Waals surface area contributed by atoms with Crippen LogP contribution in [0.25, 0.3) is 11.6 Å². The molecule has 3 heterocycles. The Hall–Kier alpha value is -3.16. The Morgan fingerprint density at radius 2 is 2.12 bits per heavy atom. The molecule has 0 atom stereocenters. The molecule has 8 nitrogen and oxygen atoms in total. The second kappa shape index (κ2) is 6.62. The summed E-state index contributed by atoms with van der Waals surface area (Å²) in [5.74, 6) is 0.957. The van der Waals surface area contributed by atoms with E-state index in [9.17, 15) is 4.79 Å². The molecule has 0 radical (unpaired) electrons. The zero-order valence-electron chi connectivity index (χ0n) is 14.8. The third kappa shape index (κ3) is 3.05. The third-order valence-corrected chi connectivity index (χ3v) is 4.55. The van der Waals surface area contributed by atoms with Crippen molar-refractivity contribution in [3.63, 3.8) is 0 Å². The van der Waals surface area contributed by atoms with Crippen LogP contribution in [0.5, 0.6) is 0 Å². The summed E-state index contributed by atoms with van der Waals surface area (Å²) in [6.07, 6.45) is 0.741. The van der Waals surface area contributed by atoms with Gasteiger partial charge in [-0.25, -0.2) is 4.79 Å². The van der Waals surface area contributed by atoms with E-state index < -0.39 is 0 Å². The smallest absolute Gasteiger partial charge is 0.317 e. The summed E-state index contributed by atoms with van der Waals surface area (Å²) >= 11 is 0. The molecule has 1 aliphatic heterocycles. The lowest BCUT2D eigenvalue weighted by Crippen LogP contribution is -2.42. The first-order valence-electron chi connectivity index (χ1n) is 8.54. The van der Waals surface area contributed by atoms with Crippen molar-refractivity contribution >= 4 is 6.03 Å². The maximum Gasteiger partial charge on any atom is 0.317 e. The molecule has 0 saturated heterocycles. The topological polar surface area (TPSA) is 89.1 Å². The molecule has 26 heavy (non-hydrogen) atoms. The van der Waals surface area contributed by atoms with Crippen molar-refractivity contribution in [1.82, 2.24) is 30.1 Å². The molecule has 0 unspecified atom stereocenters. The van der Waals surface area contributed by atoms with E-state index in [2.05, 4.69) is 20.6 Å². The molecule has 0 aliphatic carbocycles. The summed E-state index contributed by atoms with van der Waals surface area (Å²) in [4.78, 5) is 18.6. The quantitative estimate of drug-likeness (QED) is 0.779. The highest BCUT2D eigenvalue weighted by Crippen LogP contribution is 2.28. The molecule has 8 heteroatoms. The Balaban J connectivity index is 1.51. The molecule has 0 bridgehead atoms. The lowest BCUT2D eigenvalue weighted by Gasteiger charge is -2.27. The number of aryl methyl sites for hydroxylation is 2. The van der Waals surface area contributed by atoms with E-state index in [1.165, 1.54) is 0 Å². The largest absolute Gasteiger partial charge is 0.334 e. The van der Waals surface area contributed by atoms with E-state index in [4.69, 9.17) is 4.52 Å². The number of amides is 2. The van der Waals surface area contributed by atoms with E-state index in [1.807, 2.05) is 42.1 Å². The third-order valence-electron chi connectivity index (χ3n) is 4.55. The number of rotatable bonds is 3. The Morgan fingerprint density at radius 1 is 1.31 bits per heavy atom. The molecule has 2 aromatic heterocycles. The first-order valence-corrected chi connectivity index (χ1v) is 8.54. The Kier molecular flexibility index (Phi) is 4.16. The van der Waals surface area contributed by atoms with E-state index in [1.54, 1.807) is 11.8 Å². The molecule has 1 aromatic carbocycles. The van der Waals surface area contributed by atoms with Crippen LogP contribution in [0.4, 0.5) is 4.79 Å². The summed E-state index contributed by atoms with van der Waals surface area (Å²) in [6.45, 7) is 3.40. The van der Waals surface area contributed by atoms with E-state index >= 15 is 0 Å². The van der Waals surface area contributed by atoms with Crippen molar-refractivity contribution in [2.75, 3.05) is 6.54 Å². The summed E-state index contributed by atoms with van der Waals surface area (Å²) in [7, 11) is 1.90. The highest BCUT2D eigenvalue weighted by Gasteiger charge is 2.29. The predicted octanol–water partition coefficient (Wildman–Crippen LogP) is 2.05. The molecule has 0 fully saturated rings. The van der Waals surface area contributed by atoms with Crippen molar-refractivity contribution in [2.24, 2.45) is 7.05 Å². The summed E-state index contributed by atoms with van der Waals surface area (Å²) < 4.78 is 7.11. The van der Waals surface area contributed by atoms with Crippen LogP contribution in [0.15, 0.2) is 34.9 Å². The number of carbonyl (C=O) groups is 1. The van der Waals surface area contributed by atoms with Gasteiger partial charge in [-0.3, -0.25) is 4.68 Å². The van der Waals surface area contributed by atoms with Gasteiger partial charge < -0.3 is 14.7 Å². The molecular formula is C18H20N6O2. The molecular weight excluding hydrogens is 332 g/mol. The van der Waals surface area contributed by atoms with Crippen molar-refractivity contribution in [2.45, 2.75) is 26.4 Å². The van der Waals surface area contributed by atoms with Gasteiger partial charge in [0.2, 0.25) is 0 Å². The Labute approximate surface area is 150 Å². The number of hydrogen-bond donors (Lipinski definition) is 1. The SMILES string of the molecule is Cc1noc(-c2nn(C)c3c2CN(C(=O)NCc2ccccc2)CC3)n1. The van der Waals surface area contributed by atoms with Gasteiger partial charge in [-0.15, -0.1) is 0 Å². The molecule has 1 aliphatic rings. The van der Waals surface area contributed by atoms with Gasteiger partial charge in [0.05, 0.1) is 6.54 Å². The van der Waals surface area contributed by atoms with E-state index in [0.29, 0.717) is 37.0 Å². The molecule has 2 amide bonds. The van der Waals surface area contributed by atoms with Crippen LogP contribution in [-0.4, -0.2) is 37.4 Å². The van der Waals surface area contributed by atoms with Crippen molar-refractivity contribution in [1.29, 1.82) is 0 Å². The maximum atomic E-state index is 12.6. The minimum absolute atomic E-state index is 0.0870. The van der Waals surface area contributed by atoms with Crippen LogP contribution >= 0.6 is 0 Å². The zero-order valence-corrected chi connectivity index (χ0v) is 14.8. The number of fused-ring (bicyclic) bond motifs is 1. The van der Waals surface area contributed by atoms with Crippen LogP contribution < -0.4 is 5.32 Å². The summed E-state index contributed by atoms with van der Waals surface area (Å²) in [5.41, 5.74) is 3.80. The number of nitrogens with one attached hydrogen (secondary N) is 1. The molecule has 0 saturated carbocycles. The fourth-order valence-electron chi connectivity index (χ4n) is 3.22.